The van der Waals surface area contributed by atoms with Crippen molar-refractivity contribution in [1.29, 1.82) is 5.41 Å². The first kappa shape index (κ1) is 13.3. The van der Waals surface area contributed by atoms with Gasteiger partial charge in [0.1, 0.15) is 11.5 Å². The topological polar surface area (TPSA) is 115 Å². The summed E-state index contributed by atoms with van der Waals surface area (Å²) in [5.41, 5.74) is 11.1. The molecule has 0 aliphatic rings. The Morgan fingerprint density at radius 2 is 2.47 bits per heavy atom. The second kappa shape index (κ2) is 6.12. The number of aliphatic imine (C=N–C) groups is 1. The second-order valence-electron chi connectivity index (χ2n) is 3.51. The molecule has 0 fully saturated rings. The van der Waals surface area contributed by atoms with Crippen molar-refractivity contribution in [2.45, 2.75) is 26.5 Å². The fourth-order valence-electron chi connectivity index (χ4n) is 1.45. The van der Waals surface area contributed by atoms with Crippen LogP contribution in [0.1, 0.15) is 19.5 Å². The van der Waals surface area contributed by atoms with Gasteiger partial charge in [0.2, 0.25) is 0 Å². The molecular weight excluding hydrogens is 220 g/mol. The fourth-order valence-corrected chi connectivity index (χ4v) is 1.45. The summed E-state index contributed by atoms with van der Waals surface area (Å²) in [6, 6.07) is 0. The van der Waals surface area contributed by atoms with Crippen molar-refractivity contribution in [2.24, 2.45) is 16.5 Å². The third-order valence-corrected chi connectivity index (χ3v) is 2.15. The van der Waals surface area contributed by atoms with Crippen LogP contribution >= 0.6 is 0 Å². The molecule has 0 saturated heterocycles. The van der Waals surface area contributed by atoms with E-state index in [1.165, 1.54) is 0 Å². The maximum absolute atomic E-state index is 7.41. The monoisotopic (exact) mass is 238 g/mol. The molecule has 0 spiro atoms. The van der Waals surface area contributed by atoms with Gasteiger partial charge in [-0.05, 0) is 13.8 Å². The van der Waals surface area contributed by atoms with Crippen LogP contribution in [-0.4, -0.2) is 34.4 Å². The van der Waals surface area contributed by atoms with Gasteiger partial charge in [0.15, 0.2) is 5.82 Å². The maximum atomic E-state index is 7.41. The molecule has 0 amide bonds. The minimum atomic E-state index is -0.100. The Kier molecular flexibility index (Phi) is 4.80. The Morgan fingerprint density at radius 1 is 1.76 bits per heavy atom. The number of hydrogen-bond acceptors (Lipinski definition) is 5. The molecule has 0 aliphatic carbocycles. The lowest BCUT2D eigenvalue weighted by atomic mass is 10.3. The molecule has 0 aliphatic heterocycles. The molecule has 1 atom stereocenters. The van der Waals surface area contributed by atoms with Crippen molar-refractivity contribution in [1.82, 2.24) is 9.55 Å². The van der Waals surface area contributed by atoms with Crippen molar-refractivity contribution in [3.8, 4) is 0 Å². The SMILES string of the molecule is CC=Nc1c(C(=N)N)ncn1CC(C)OCN. The van der Waals surface area contributed by atoms with Gasteiger partial charge in [-0.2, -0.15) is 0 Å². The molecule has 0 bridgehead atoms. The molecule has 1 unspecified atom stereocenters. The lowest BCUT2D eigenvalue weighted by molar-refractivity contribution is 0.0593. The normalized spacial score (nSPS) is 13.1. The molecule has 1 rings (SSSR count). The Morgan fingerprint density at radius 3 is 3.00 bits per heavy atom. The zero-order valence-electron chi connectivity index (χ0n) is 10.1. The average Bonchev–Trinajstić information content (AvgIpc) is 2.63. The quantitative estimate of drug-likeness (QED) is 0.373. The van der Waals surface area contributed by atoms with E-state index in [0.29, 0.717) is 18.1 Å². The predicted molar refractivity (Wildman–Crippen MR) is 66.7 cm³/mol. The number of nitrogens with zero attached hydrogens (tertiary/aromatic N) is 3. The Bertz CT molecular complexity index is 411. The molecule has 0 radical (unpaired) electrons. The van der Waals surface area contributed by atoms with Gasteiger partial charge in [-0.15, -0.1) is 0 Å². The molecule has 17 heavy (non-hydrogen) atoms. The van der Waals surface area contributed by atoms with E-state index < -0.39 is 0 Å². The largest absolute Gasteiger partial charge is 0.382 e. The van der Waals surface area contributed by atoms with Gasteiger partial charge in [0.25, 0.3) is 0 Å². The zero-order chi connectivity index (χ0) is 12.8. The van der Waals surface area contributed by atoms with E-state index in [9.17, 15) is 0 Å². The van der Waals surface area contributed by atoms with Crippen molar-refractivity contribution in [3.63, 3.8) is 0 Å². The standard InChI is InChI=1S/C10H18N6O/c1-3-14-10-8(9(12)13)15-6-16(10)4-7(2)17-5-11/h3,6-7H,4-5,11H2,1-2H3,(H3,12,13). The average molecular weight is 238 g/mol. The van der Waals surface area contributed by atoms with Gasteiger partial charge < -0.3 is 20.8 Å². The van der Waals surface area contributed by atoms with Crippen LogP contribution in [0.3, 0.4) is 0 Å². The summed E-state index contributed by atoms with van der Waals surface area (Å²) >= 11 is 0. The first-order valence-corrected chi connectivity index (χ1v) is 5.30. The first-order chi connectivity index (χ1) is 8.10. The summed E-state index contributed by atoms with van der Waals surface area (Å²) in [5, 5.41) is 7.41. The summed E-state index contributed by atoms with van der Waals surface area (Å²) in [5.74, 6) is 0.462. The van der Waals surface area contributed by atoms with Crippen LogP contribution in [0.25, 0.3) is 0 Å². The van der Waals surface area contributed by atoms with Crippen LogP contribution in [0.4, 0.5) is 5.82 Å². The number of nitrogens with two attached hydrogens (primary N) is 2. The third kappa shape index (κ3) is 3.36. The third-order valence-electron chi connectivity index (χ3n) is 2.15. The molecule has 5 N–H and O–H groups in total. The smallest absolute Gasteiger partial charge is 0.163 e. The summed E-state index contributed by atoms with van der Waals surface area (Å²) in [7, 11) is 0. The van der Waals surface area contributed by atoms with Crippen molar-refractivity contribution < 1.29 is 4.74 Å². The highest BCUT2D eigenvalue weighted by Crippen LogP contribution is 2.18. The molecule has 1 heterocycles. The molecule has 94 valence electrons. The highest BCUT2D eigenvalue weighted by atomic mass is 16.5. The van der Waals surface area contributed by atoms with E-state index in [4.69, 9.17) is 21.6 Å². The number of imidazole rings is 1. The van der Waals surface area contributed by atoms with Crippen molar-refractivity contribution in [3.05, 3.63) is 12.0 Å². The second-order valence-corrected chi connectivity index (χ2v) is 3.51. The van der Waals surface area contributed by atoms with Crippen molar-refractivity contribution >= 4 is 17.9 Å². The summed E-state index contributed by atoms with van der Waals surface area (Å²) in [6.07, 6.45) is 3.17. The van der Waals surface area contributed by atoms with Crippen LogP contribution in [0, 0.1) is 5.41 Å². The number of hydrogen-bond donors (Lipinski definition) is 3. The molecule has 0 saturated carbocycles. The number of ether oxygens (including phenoxy) is 1. The Labute approximate surface area is 100.0 Å². The number of nitrogens with one attached hydrogen (secondary N) is 1. The van der Waals surface area contributed by atoms with E-state index >= 15 is 0 Å². The van der Waals surface area contributed by atoms with E-state index in [1.807, 2.05) is 6.92 Å². The highest BCUT2D eigenvalue weighted by Gasteiger charge is 2.14. The minimum absolute atomic E-state index is 0.0557. The van der Waals surface area contributed by atoms with Gasteiger partial charge in [0.05, 0.1) is 25.7 Å². The van der Waals surface area contributed by atoms with E-state index in [2.05, 4.69) is 9.98 Å². The molecule has 0 aromatic carbocycles. The Hall–Kier alpha value is -1.73. The van der Waals surface area contributed by atoms with Crippen LogP contribution in [0.15, 0.2) is 11.3 Å². The predicted octanol–water partition coefficient (Wildman–Crippen LogP) is 0.211. The fraction of sp³-hybridized carbons (Fsp3) is 0.500. The number of nitrogen functional groups attached to an aromatic ring is 1. The molecule has 7 nitrogen and oxygen atoms in total. The van der Waals surface area contributed by atoms with Crippen LogP contribution < -0.4 is 11.5 Å². The molecule has 1 aromatic rings. The van der Waals surface area contributed by atoms with Crippen LogP contribution in [0.5, 0.6) is 0 Å². The highest BCUT2D eigenvalue weighted by molar-refractivity contribution is 5.97. The van der Waals surface area contributed by atoms with Crippen LogP contribution in [-0.2, 0) is 11.3 Å². The van der Waals surface area contributed by atoms with E-state index in [1.54, 1.807) is 24.0 Å². The lowest BCUT2D eigenvalue weighted by Crippen LogP contribution is -2.20. The summed E-state index contributed by atoms with van der Waals surface area (Å²) < 4.78 is 7.03. The lowest BCUT2D eigenvalue weighted by Gasteiger charge is -2.13. The van der Waals surface area contributed by atoms with E-state index in [-0.39, 0.29) is 18.7 Å². The van der Waals surface area contributed by atoms with Gasteiger partial charge in [-0.3, -0.25) is 5.41 Å². The zero-order valence-corrected chi connectivity index (χ0v) is 10.1. The summed E-state index contributed by atoms with van der Waals surface area (Å²) in [4.78, 5) is 8.23. The molecular formula is C10H18N6O. The Balaban J connectivity index is 2.95. The number of rotatable bonds is 6. The molecule has 1 aromatic heterocycles. The number of aromatic nitrogens is 2. The van der Waals surface area contributed by atoms with Gasteiger partial charge >= 0.3 is 0 Å². The van der Waals surface area contributed by atoms with E-state index in [0.717, 1.165) is 0 Å². The van der Waals surface area contributed by atoms with Crippen LogP contribution in [0.2, 0.25) is 0 Å². The van der Waals surface area contributed by atoms with Gasteiger partial charge in [-0.1, -0.05) is 0 Å². The number of amidine groups is 1. The first-order valence-electron chi connectivity index (χ1n) is 5.30. The van der Waals surface area contributed by atoms with Gasteiger partial charge in [0, 0.05) is 6.21 Å². The minimum Gasteiger partial charge on any atom is -0.382 e. The van der Waals surface area contributed by atoms with Crippen molar-refractivity contribution in [2.75, 3.05) is 6.73 Å². The maximum Gasteiger partial charge on any atom is 0.163 e. The summed E-state index contributed by atoms with van der Waals surface area (Å²) in [6.45, 7) is 4.42. The van der Waals surface area contributed by atoms with Gasteiger partial charge in [-0.25, -0.2) is 9.98 Å². The molecule has 7 heteroatoms.